The molecule has 0 spiro atoms. The van der Waals surface area contributed by atoms with Crippen molar-refractivity contribution in [1.82, 2.24) is 0 Å². The lowest BCUT2D eigenvalue weighted by Crippen LogP contribution is -2.36. The SMILES string of the molecule is CC(=O)c1ccc2c(c1)C(C)(C)C(C)N2C. The number of hydrogen-bond donors (Lipinski definition) is 0. The number of fused-ring (bicyclic) bond motifs is 1. The van der Waals surface area contributed by atoms with Gasteiger partial charge in [-0.3, -0.25) is 4.79 Å². The number of nitrogens with zero attached hydrogens (tertiary/aromatic N) is 1. The van der Waals surface area contributed by atoms with Crippen LogP contribution in [0.5, 0.6) is 0 Å². The second-order valence-electron chi connectivity index (χ2n) is 5.30. The summed E-state index contributed by atoms with van der Waals surface area (Å²) in [5, 5.41) is 0. The van der Waals surface area contributed by atoms with E-state index in [4.69, 9.17) is 0 Å². The van der Waals surface area contributed by atoms with Gasteiger partial charge in [-0.1, -0.05) is 13.8 Å². The molecular weight excluding hydrogens is 198 g/mol. The number of anilines is 1. The van der Waals surface area contributed by atoms with E-state index in [2.05, 4.69) is 44.9 Å². The molecule has 0 aliphatic carbocycles. The lowest BCUT2D eigenvalue weighted by molar-refractivity contribution is 0.101. The van der Waals surface area contributed by atoms with E-state index in [1.807, 2.05) is 6.07 Å². The molecule has 1 unspecified atom stereocenters. The van der Waals surface area contributed by atoms with Crippen molar-refractivity contribution in [3.63, 3.8) is 0 Å². The Balaban J connectivity index is 2.60. The molecule has 2 rings (SSSR count). The number of carbonyl (C=O) groups excluding carboxylic acids is 1. The van der Waals surface area contributed by atoms with Gasteiger partial charge in [0.2, 0.25) is 0 Å². The summed E-state index contributed by atoms with van der Waals surface area (Å²) in [6, 6.07) is 6.51. The first-order chi connectivity index (χ1) is 7.35. The zero-order valence-electron chi connectivity index (χ0n) is 10.7. The number of hydrogen-bond acceptors (Lipinski definition) is 2. The van der Waals surface area contributed by atoms with E-state index in [1.165, 1.54) is 11.3 Å². The molecule has 2 nitrogen and oxygen atoms in total. The summed E-state index contributed by atoms with van der Waals surface area (Å²) in [6.07, 6.45) is 0. The number of carbonyl (C=O) groups is 1. The Bertz CT molecular complexity index is 448. The molecule has 0 saturated heterocycles. The van der Waals surface area contributed by atoms with Gasteiger partial charge in [0.05, 0.1) is 0 Å². The second-order valence-corrected chi connectivity index (χ2v) is 5.30. The molecule has 86 valence electrons. The zero-order chi connectivity index (χ0) is 12.1. The molecule has 1 aromatic rings. The van der Waals surface area contributed by atoms with Gasteiger partial charge in [0, 0.05) is 29.8 Å². The maximum absolute atomic E-state index is 11.4. The summed E-state index contributed by atoms with van der Waals surface area (Å²) >= 11 is 0. The molecule has 1 atom stereocenters. The molecule has 0 bridgehead atoms. The minimum atomic E-state index is 0.107. The summed E-state index contributed by atoms with van der Waals surface area (Å²) in [4.78, 5) is 13.7. The van der Waals surface area contributed by atoms with Crippen molar-refractivity contribution in [3.8, 4) is 0 Å². The van der Waals surface area contributed by atoms with Crippen molar-refractivity contribution >= 4 is 11.5 Å². The van der Waals surface area contributed by atoms with Gasteiger partial charge in [-0.25, -0.2) is 0 Å². The van der Waals surface area contributed by atoms with E-state index in [9.17, 15) is 4.79 Å². The highest BCUT2D eigenvalue weighted by Gasteiger charge is 2.40. The average molecular weight is 217 g/mol. The molecule has 0 aromatic heterocycles. The maximum Gasteiger partial charge on any atom is 0.159 e. The third-order valence-corrected chi connectivity index (χ3v) is 4.10. The van der Waals surface area contributed by atoms with Gasteiger partial charge in [-0.05, 0) is 37.6 Å². The van der Waals surface area contributed by atoms with Gasteiger partial charge >= 0.3 is 0 Å². The fourth-order valence-corrected chi connectivity index (χ4v) is 2.50. The molecule has 1 aliphatic rings. The van der Waals surface area contributed by atoms with E-state index in [0.29, 0.717) is 6.04 Å². The molecular formula is C14H19NO. The maximum atomic E-state index is 11.4. The lowest BCUT2D eigenvalue weighted by atomic mass is 9.80. The topological polar surface area (TPSA) is 20.3 Å². The van der Waals surface area contributed by atoms with Crippen LogP contribution in [0.25, 0.3) is 0 Å². The van der Waals surface area contributed by atoms with Crippen LogP contribution >= 0.6 is 0 Å². The Morgan fingerprint density at radius 1 is 1.38 bits per heavy atom. The van der Waals surface area contributed by atoms with Crippen LogP contribution in [0, 0.1) is 0 Å². The Hall–Kier alpha value is -1.31. The molecule has 1 aromatic carbocycles. The van der Waals surface area contributed by atoms with E-state index in [-0.39, 0.29) is 11.2 Å². The first-order valence-electron chi connectivity index (χ1n) is 5.74. The van der Waals surface area contributed by atoms with Crippen LogP contribution < -0.4 is 4.90 Å². The van der Waals surface area contributed by atoms with Crippen LogP contribution in [-0.2, 0) is 5.41 Å². The Kier molecular flexibility index (Phi) is 2.33. The average Bonchev–Trinajstić information content (AvgIpc) is 2.40. The Labute approximate surface area is 97.3 Å². The molecule has 2 heteroatoms. The summed E-state index contributed by atoms with van der Waals surface area (Å²) in [5.74, 6) is 0.140. The highest BCUT2D eigenvalue weighted by molar-refractivity contribution is 5.95. The number of likely N-dealkylation sites (N-methyl/N-ethyl adjacent to an activating group) is 1. The van der Waals surface area contributed by atoms with Gasteiger partial charge in [0.15, 0.2) is 5.78 Å². The van der Waals surface area contributed by atoms with Crippen LogP contribution in [0.3, 0.4) is 0 Å². The van der Waals surface area contributed by atoms with Crippen LogP contribution in [0.4, 0.5) is 5.69 Å². The van der Waals surface area contributed by atoms with Crippen LogP contribution in [0.1, 0.15) is 43.6 Å². The number of Topliss-reactive ketones (excluding diaryl/α,β-unsaturated/α-hetero) is 1. The highest BCUT2D eigenvalue weighted by Crippen LogP contribution is 2.44. The summed E-state index contributed by atoms with van der Waals surface area (Å²) in [7, 11) is 2.12. The van der Waals surface area contributed by atoms with Crippen LogP contribution in [-0.4, -0.2) is 18.9 Å². The number of rotatable bonds is 1. The van der Waals surface area contributed by atoms with Crippen molar-refractivity contribution in [2.24, 2.45) is 0 Å². The van der Waals surface area contributed by atoms with Gasteiger partial charge < -0.3 is 4.90 Å². The van der Waals surface area contributed by atoms with Gasteiger partial charge in [0.1, 0.15) is 0 Å². The molecule has 0 radical (unpaired) electrons. The predicted octanol–water partition coefficient (Wildman–Crippen LogP) is 3.01. The largest absolute Gasteiger partial charge is 0.371 e. The standard InChI is InChI=1S/C14H19NO/c1-9(16)11-6-7-13-12(8-11)14(3,4)10(2)15(13)5/h6-8,10H,1-5H3. The monoisotopic (exact) mass is 217 g/mol. The molecule has 1 aliphatic heterocycles. The van der Waals surface area contributed by atoms with Crippen molar-refractivity contribution < 1.29 is 4.79 Å². The lowest BCUT2D eigenvalue weighted by Gasteiger charge is -2.28. The van der Waals surface area contributed by atoms with Crippen molar-refractivity contribution in [2.75, 3.05) is 11.9 Å². The molecule has 0 N–H and O–H groups in total. The van der Waals surface area contributed by atoms with Gasteiger partial charge in [0.25, 0.3) is 0 Å². The van der Waals surface area contributed by atoms with Gasteiger partial charge in [-0.2, -0.15) is 0 Å². The summed E-state index contributed by atoms with van der Waals surface area (Å²) in [5.41, 5.74) is 3.46. The quantitative estimate of drug-likeness (QED) is 0.674. The predicted molar refractivity (Wildman–Crippen MR) is 67.3 cm³/mol. The first kappa shape index (κ1) is 11.2. The summed E-state index contributed by atoms with van der Waals surface area (Å²) < 4.78 is 0. The third kappa shape index (κ3) is 1.36. The van der Waals surface area contributed by atoms with Crippen molar-refractivity contribution in [2.45, 2.75) is 39.2 Å². The molecule has 0 fully saturated rings. The molecule has 16 heavy (non-hydrogen) atoms. The van der Waals surface area contributed by atoms with Crippen LogP contribution in [0.15, 0.2) is 18.2 Å². The van der Waals surface area contributed by atoms with Crippen LogP contribution in [0.2, 0.25) is 0 Å². The molecule has 0 saturated carbocycles. The smallest absolute Gasteiger partial charge is 0.159 e. The normalized spacial score (nSPS) is 22.1. The van der Waals surface area contributed by atoms with E-state index >= 15 is 0 Å². The molecule has 0 amide bonds. The van der Waals surface area contributed by atoms with Gasteiger partial charge in [-0.15, -0.1) is 0 Å². The Morgan fingerprint density at radius 2 is 2.00 bits per heavy atom. The highest BCUT2D eigenvalue weighted by atomic mass is 16.1. The first-order valence-corrected chi connectivity index (χ1v) is 5.74. The Morgan fingerprint density at radius 3 is 2.56 bits per heavy atom. The number of ketones is 1. The fourth-order valence-electron chi connectivity index (χ4n) is 2.50. The van der Waals surface area contributed by atoms with E-state index in [0.717, 1.165) is 5.56 Å². The number of benzene rings is 1. The van der Waals surface area contributed by atoms with E-state index in [1.54, 1.807) is 6.92 Å². The van der Waals surface area contributed by atoms with Crippen molar-refractivity contribution in [3.05, 3.63) is 29.3 Å². The minimum absolute atomic E-state index is 0.107. The van der Waals surface area contributed by atoms with E-state index < -0.39 is 0 Å². The fraction of sp³-hybridized carbons (Fsp3) is 0.500. The minimum Gasteiger partial charge on any atom is -0.371 e. The third-order valence-electron chi connectivity index (χ3n) is 4.10. The zero-order valence-corrected chi connectivity index (χ0v) is 10.7. The summed E-state index contributed by atoms with van der Waals surface area (Å²) in [6.45, 7) is 8.33. The second kappa shape index (κ2) is 3.34. The molecule has 1 heterocycles. The van der Waals surface area contributed by atoms with Crippen molar-refractivity contribution in [1.29, 1.82) is 0 Å².